The van der Waals surface area contributed by atoms with Crippen LogP contribution in [-0.4, -0.2) is 13.3 Å². The summed E-state index contributed by atoms with van der Waals surface area (Å²) in [6.07, 6.45) is 0. The van der Waals surface area contributed by atoms with Crippen LogP contribution < -0.4 is 4.72 Å². The Labute approximate surface area is 130 Å². The molecule has 0 amide bonds. The van der Waals surface area contributed by atoms with E-state index in [0.717, 1.165) is 0 Å². The Bertz CT molecular complexity index is 760. The van der Waals surface area contributed by atoms with Crippen LogP contribution in [0.4, 0.5) is 5.69 Å². The molecule has 0 spiro atoms. The van der Waals surface area contributed by atoms with E-state index in [2.05, 4.69) is 20.7 Å². The molecule has 2 rings (SSSR count). The van der Waals surface area contributed by atoms with Crippen LogP contribution in [0.2, 0.25) is 0 Å². The quantitative estimate of drug-likeness (QED) is 0.647. The summed E-state index contributed by atoms with van der Waals surface area (Å²) in [7, 11) is -3.62. The number of halogens is 1. The van der Waals surface area contributed by atoms with Crippen molar-refractivity contribution < 1.29 is 13.3 Å². The third kappa shape index (κ3) is 4.10. The lowest BCUT2D eigenvalue weighted by Gasteiger charge is -2.07. The molecule has 0 saturated heterocycles. The third-order valence-electron chi connectivity index (χ3n) is 2.72. The topological polar surface area (TPSA) is 89.3 Å². The molecule has 0 fully saturated rings. The van der Waals surface area contributed by atoms with E-state index in [0.29, 0.717) is 10.0 Å². The maximum atomic E-state index is 12.1. The maximum absolute atomic E-state index is 12.1. The first-order valence-electron chi connectivity index (χ1n) is 5.87. The summed E-state index contributed by atoms with van der Waals surface area (Å²) < 4.78 is 27.3. The van der Waals surface area contributed by atoms with Gasteiger partial charge in [0.2, 0.25) is 10.0 Å². The molecule has 2 aromatic rings. The van der Waals surface area contributed by atoms with E-state index in [-0.39, 0.29) is 17.1 Å². The second-order valence-electron chi connectivity index (χ2n) is 4.21. The van der Waals surface area contributed by atoms with Gasteiger partial charge in [0.15, 0.2) is 0 Å². The molecule has 0 aliphatic heterocycles. The van der Waals surface area contributed by atoms with Gasteiger partial charge in [-0.05, 0) is 23.8 Å². The SMILES string of the molecule is O=[N+]([O-])c1ccc(CNS(=O)(=O)c2cccc(Br)c2)cc1. The lowest BCUT2D eigenvalue weighted by Crippen LogP contribution is -2.23. The molecule has 0 radical (unpaired) electrons. The van der Waals surface area contributed by atoms with Crippen molar-refractivity contribution in [1.82, 2.24) is 4.72 Å². The van der Waals surface area contributed by atoms with E-state index in [1.807, 2.05) is 0 Å². The van der Waals surface area contributed by atoms with Gasteiger partial charge in [0.05, 0.1) is 9.82 Å². The van der Waals surface area contributed by atoms with Crippen LogP contribution >= 0.6 is 15.9 Å². The second-order valence-corrected chi connectivity index (χ2v) is 6.89. The third-order valence-corrected chi connectivity index (χ3v) is 4.61. The molecule has 8 heteroatoms. The van der Waals surface area contributed by atoms with E-state index in [1.165, 1.54) is 36.4 Å². The molecule has 0 saturated carbocycles. The van der Waals surface area contributed by atoms with Gasteiger partial charge in [-0.3, -0.25) is 10.1 Å². The number of rotatable bonds is 5. The van der Waals surface area contributed by atoms with Gasteiger partial charge in [-0.1, -0.05) is 34.1 Å². The molecule has 0 unspecified atom stereocenters. The molecule has 1 N–H and O–H groups in total. The highest BCUT2D eigenvalue weighted by Crippen LogP contribution is 2.17. The fourth-order valence-electron chi connectivity index (χ4n) is 1.63. The Morgan fingerprint density at radius 3 is 2.38 bits per heavy atom. The highest BCUT2D eigenvalue weighted by atomic mass is 79.9. The predicted octanol–water partition coefficient (Wildman–Crippen LogP) is 2.84. The number of benzene rings is 2. The van der Waals surface area contributed by atoms with Crippen LogP contribution in [0.25, 0.3) is 0 Å². The zero-order valence-corrected chi connectivity index (χ0v) is 13.1. The fourth-order valence-corrected chi connectivity index (χ4v) is 3.25. The minimum Gasteiger partial charge on any atom is -0.258 e. The van der Waals surface area contributed by atoms with Crippen molar-refractivity contribution in [3.05, 3.63) is 68.7 Å². The molecule has 21 heavy (non-hydrogen) atoms. The molecule has 0 bridgehead atoms. The van der Waals surface area contributed by atoms with Crippen LogP contribution in [-0.2, 0) is 16.6 Å². The molecule has 2 aromatic carbocycles. The lowest BCUT2D eigenvalue weighted by atomic mass is 10.2. The molecular formula is C13H11BrN2O4S. The summed E-state index contributed by atoms with van der Waals surface area (Å²) in [6.45, 7) is 0.0623. The molecule has 0 aliphatic carbocycles. The number of nitro benzene ring substituents is 1. The van der Waals surface area contributed by atoms with Crippen molar-refractivity contribution in [3.63, 3.8) is 0 Å². The standard InChI is InChI=1S/C13H11BrN2O4S/c14-11-2-1-3-13(8-11)21(19,20)15-9-10-4-6-12(7-5-10)16(17)18/h1-8,15H,9H2. The monoisotopic (exact) mass is 370 g/mol. The van der Waals surface area contributed by atoms with E-state index < -0.39 is 14.9 Å². The van der Waals surface area contributed by atoms with E-state index >= 15 is 0 Å². The van der Waals surface area contributed by atoms with Crippen molar-refractivity contribution in [3.8, 4) is 0 Å². The number of hydrogen-bond acceptors (Lipinski definition) is 4. The first-order valence-corrected chi connectivity index (χ1v) is 8.15. The number of sulfonamides is 1. The summed E-state index contributed by atoms with van der Waals surface area (Å²) in [5.74, 6) is 0. The zero-order chi connectivity index (χ0) is 15.5. The summed E-state index contributed by atoms with van der Waals surface area (Å²) in [5, 5.41) is 10.5. The smallest absolute Gasteiger partial charge is 0.258 e. The minimum atomic E-state index is -3.62. The Kier molecular flexibility index (Phi) is 4.71. The Morgan fingerprint density at radius 1 is 1.14 bits per heavy atom. The number of nitro groups is 1. The van der Waals surface area contributed by atoms with Crippen molar-refractivity contribution in [2.24, 2.45) is 0 Å². The van der Waals surface area contributed by atoms with Crippen LogP contribution in [0.15, 0.2) is 57.9 Å². The van der Waals surface area contributed by atoms with Gasteiger partial charge in [0.25, 0.3) is 5.69 Å². The van der Waals surface area contributed by atoms with E-state index in [9.17, 15) is 18.5 Å². The molecule has 110 valence electrons. The summed E-state index contributed by atoms with van der Waals surface area (Å²) >= 11 is 3.22. The molecule has 0 aliphatic rings. The second kappa shape index (κ2) is 6.33. The molecule has 6 nitrogen and oxygen atoms in total. The van der Waals surface area contributed by atoms with Gasteiger partial charge in [-0.25, -0.2) is 13.1 Å². The number of nitrogens with zero attached hydrogens (tertiary/aromatic N) is 1. The molecule has 0 aromatic heterocycles. The highest BCUT2D eigenvalue weighted by molar-refractivity contribution is 9.10. The molecule has 0 atom stereocenters. The average molecular weight is 371 g/mol. The predicted molar refractivity (Wildman–Crippen MR) is 81.3 cm³/mol. The fraction of sp³-hybridized carbons (Fsp3) is 0.0769. The van der Waals surface area contributed by atoms with Crippen molar-refractivity contribution in [2.75, 3.05) is 0 Å². The van der Waals surface area contributed by atoms with Crippen molar-refractivity contribution >= 4 is 31.6 Å². The van der Waals surface area contributed by atoms with Crippen LogP contribution in [0, 0.1) is 10.1 Å². The minimum absolute atomic E-state index is 0.0337. The summed E-state index contributed by atoms with van der Waals surface area (Å²) in [6, 6.07) is 12.1. The first kappa shape index (κ1) is 15.6. The Balaban J connectivity index is 2.10. The highest BCUT2D eigenvalue weighted by Gasteiger charge is 2.14. The van der Waals surface area contributed by atoms with E-state index in [1.54, 1.807) is 12.1 Å². The van der Waals surface area contributed by atoms with Gasteiger partial charge in [0.1, 0.15) is 0 Å². The number of nitrogens with one attached hydrogen (secondary N) is 1. The normalized spacial score (nSPS) is 11.3. The van der Waals surface area contributed by atoms with Gasteiger partial charge >= 0.3 is 0 Å². The lowest BCUT2D eigenvalue weighted by molar-refractivity contribution is -0.384. The van der Waals surface area contributed by atoms with Gasteiger partial charge in [0, 0.05) is 23.2 Å². The number of hydrogen-bond donors (Lipinski definition) is 1. The zero-order valence-electron chi connectivity index (χ0n) is 10.7. The van der Waals surface area contributed by atoms with E-state index in [4.69, 9.17) is 0 Å². The average Bonchev–Trinajstić information content (AvgIpc) is 2.45. The van der Waals surface area contributed by atoms with Crippen LogP contribution in [0.5, 0.6) is 0 Å². The Hall–Kier alpha value is -1.77. The number of non-ortho nitro benzene ring substituents is 1. The van der Waals surface area contributed by atoms with Gasteiger partial charge in [-0.2, -0.15) is 0 Å². The largest absolute Gasteiger partial charge is 0.269 e. The summed E-state index contributed by atoms with van der Waals surface area (Å²) in [5.41, 5.74) is 0.604. The molecular weight excluding hydrogens is 360 g/mol. The first-order chi connectivity index (χ1) is 9.88. The van der Waals surface area contributed by atoms with Crippen molar-refractivity contribution in [2.45, 2.75) is 11.4 Å². The van der Waals surface area contributed by atoms with Crippen LogP contribution in [0.1, 0.15) is 5.56 Å². The van der Waals surface area contributed by atoms with Crippen molar-refractivity contribution in [1.29, 1.82) is 0 Å². The van der Waals surface area contributed by atoms with Gasteiger partial charge < -0.3 is 0 Å². The maximum Gasteiger partial charge on any atom is 0.269 e. The van der Waals surface area contributed by atoms with Gasteiger partial charge in [-0.15, -0.1) is 0 Å². The van der Waals surface area contributed by atoms with Crippen LogP contribution in [0.3, 0.4) is 0 Å². The Morgan fingerprint density at radius 2 is 1.81 bits per heavy atom. The molecule has 0 heterocycles. The summed E-state index contributed by atoms with van der Waals surface area (Å²) in [4.78, 5) is 10.2.